The summed E-state index contributed by atoms with van der Waals surface area (Å²) in [4.78, 5) is 42.5. The van der Waals surface area contributed by atoms with E-state index in [9.17, 15) is 40.7 Å². The van der Waals surface area contributed by atoms with Gasteiger partial charge in [-0.25, -0.2) is 0 Å². The Morgan fingerprint density at radius 3 is 1.38 bits per heavy atom. The zero-order chi connectivity index (χ0) is 53.3. The van der Waals surface area contributed by atoms with Crippen molar-refractivity contribution in [2.75, 3.05) is 51.8 Å². The minimum absolute atomic E-state index is 0. The van der Waals surface area contributed by atoms with Crippen LogP contribution in [-0.2, 0) is 30.0 Å². The summed E-state index contributed by atoms with van der Waals surface area (Å²) in [5.74, 6) is -1.04. The number of esters is 1. The van der Waals surface area contributed by atoms with E-state index in [-0.39, 0.29) is 56.0 Å². The van der Waals surface area contributed by atoms with Crippen LogP contribution in [0.3, 0.4) is 0 Å². The number of para-hydroxylation sites is 2. The normalized spacial score (nSPS) is 11.4. The number of fused-ring (bicyclic) bond motifs is 2. The number of nitrogens with zero attached hydrogens (tertiary/aromatic N) is 2. The molecule has 408 valence electrons. The lowest BCUT2D eigenvalue weighted by molar-refractivity contribution is -0.142. The van der Waals surface area contributed by atoms with Crippen LogP contribution >= 0.6 is 69.2 Å². The molecule has 0 N–H and O–H groups in total. The number of halogens is 10. The lowest BCUT2D eigenvalue weighted by Gasteiger charge is -2.21. The molecule has 0 saturated heterocycles. The third-order valence-electron chi connectivity index (χ3n) is 11.6. The van der Waals surface area contributed by atoms with Crippen molar-refractivity contribution in [3.8, 4) is 11.5 Å². The molecule has 2 aromatic heterocycles. The van der Waals surface area contributed by atoms with E-state index in [2.05, 4.69) is 23.6 Å². The van der Waals surface area contributed by atoms with Crippen molar-refractivity contribution in [1.29, 1.82) is 0 Å². The Morgan fingerprint density at radius 2 is 1.01 bits per heavy atom. The Labute approximate surface area is 469 Å². The number of ether oxygens (including phenoxy) is 2. The fourth-order valence-electron chi connectivity index (χ4n) is 7.75. The number of hydrogen-bond acceptors (Lipinski definition) is 9. The zero-order valence-corrected chi connectivity index (χ0v) is 47.8. The molecule has 19 heteroatoms. The second kappa shape index (κ2) is 31.4. The van der Waals surface area contributed by atoms with Crippen LogP contribution in [-0.4, -0.2) is 79.1 Å². The summed E-state index contributed by atoms with van der Waals surface area (Å²) < 4.78 is 105. The molecule has 4 aromatic carbocycles. The quantitative estimate of drug-likeness (QED) is 0.0174. The monoisotopic (exact) mass is 1300 g/mol. The highest BCUT2D eigenvalue weighted by atomic mass is 127. The van der Waals surface area contributed by atoms with Crippen LogP contribution < -0.4 is 9.47 Å². The smallest absolute Gasteiger partial charge is 0.420 e. The van der Waals surface area contributed by atoms with Crippen molar-refractivity contribution >= 4 is 109 Å². The number of hydrogen-bond donors (Lipinski definition) is 0. The zero-order valence-electron chi connectivity index (χ0n) is 41.9. The number of rotatable bonds is 21. The highest BCUT2D eigenvalue weighted by molar-refractivity contribution is 14.1. The van der Waals surface area contributed by atoms with Crippen LogP contribution in [0.15, 0.2) is 81.6 Å². The molecule has 0 saturated carbocycles. The summed E-state index contributed by atoms with van der Waals surface area (Å²) in [5, 5.41) is 1.17. The van der Waals surface area contributed by atoms with Gasteiger partial charge in [-0.05, 0) is 121 Å². The average Bonchev–Trinajstić information content (AvgIpc) is 3.91. The van der Waals surface area contributed by atoms with Gasteiger partial charge >= 0.3 is 18.3 Å². The Hall–Kier alpha value is -3.89. The minimum Gasteiger partial charge on any atom is -0.491 e. The van der Waals surface area contributed by atoms with Crippen LogP contribution in [0.4, 0.5) is 26.3 Å². The molecule has 0 fully saturated rings. The first-order chi connectivity index (χ1) is 34.2. The summed E-state index contributed by atoms with van der Waals surface area (Å²) in [5.41, 5.74) is -0.621. The Bertz CT molecular complexity index is 2750. The Kier molecular flexibility index (Phi) is 28.1. The number of benzene rings is 4. The molecule has 0 radical (unpaired) electrons. The van der Waals surface area contributed by atoms with Gasteiger partial charge in [-0.3, -0.25) is 14.4 Å². The van der Waals surface area contributed by atoms with Crippen LogP contribution in [0.5, 0.6) is 11.5 Å². The molecule has 2 heterocycles. The van der Waals surface area contributed by atoms with E-state index in [1.165, 1.54) is 12.1 Å². The van der Waals surface area contributed by atoms with Gasteiger partial charge in [-0.15, -0.1) is 24.0 Å². The highest BCUT2D eigenvalue weighted by Gasteiger charge is 2.39. The number of furan rings is 2. The first-order valence-electron chi connectivity index (χ1n) is 23.9. The van der Waals surface area contributed by atoms with Crippen LogP contribution in [0.25, 0.3) is 21.9 Å². The molecule has 74 heavy (non-hydrogen) atoms. The van der Waals surface area contributed by atoms with Gasteiger partial charge in [0.25, 0.3) is 0 Å². The fraction of sp³-hybridized carbons (Fsp3) is 0.436. The highest BCUT2D eigenvalue weighted by Crippen LogP contribution is 2.43. The van der Waals surface area contributed by atoms with E-state index in [0.717, 1.165) is 83.3 Å². The summed E-state index contributed by atoms with van der Waals surface area (Å²) in [6.45, 7) is 18.8. The standard InChI is InChI=1S/C26H29F3INO3.C22H18F3IO4.C6H14ClN.CH4.ClH/c1-4-7-11-22-23(18-10-8-9-12-21(18)34-22)24(32)17-15-19(26(27,28)29)25(20(30)16-17)33-14-13-31(5-2)6-3;1-3-4-8-18-19(14-7-5-6-9-17(14)30-18)20(28)13-10-15(22(23,24)25)21(16(26)11-13)29-12(2)27;1-3-8(4-2)6-5-7;;/h8-10,12,15-16H,4-7,11,13-14H2,1-3H3;5-7,9-11H,3-4,8H2,1-2H3;3-6H2,1-2H3;1H4;1H. The van der Waals surface area contributed by atoms with Gasteiger partial charge in [-0.2, -0.15) is 26.3 Å². The molecule has 0 atom stereocenters. The van der Waals surface area contributed by atoms with Gasteiger partial charge < -0.3 is 28.1 Å². The second-order valence-corrected chi connectivity index (χ2v) is 19.2. The third kappa shape index (κ3) is 17.8. The predicted molar refractivity (Wildman–Crippen MR) is 302 cm³/mol. The summed E-state index contributed by atoms with van der Waals surface area (Å²) in [6, 6.07) is 18.5. The lowest BCUT2D eigenvalue weighted by Crippen LogP contribution is -2.28. The molecular weight excluding hydrogens is 1240 g/mol. The first-order valence-corrected chi connectivity index (χ1v) is 26.6. The molecule has 0 spiro atoms. The van der Waals surface area contributed by atoms with Gasteiger partial charge in [0.15, 0.2) is 17.3 Å². The number of carbonyl (C=O) groups excluding carboxylic acids is 3. The summed E-state index contributed by atoms with van der Waals surface area (Å²) >= 11 is 8.96. The Morgan fingerprint density at radius 1 is 0.622 bits per heavy atom. The van der Waals surface area contributed by atoms with Crippen molar-refractivity contribution < 1.29 is 59.0 Å². The number of carbonyl (C=O) groups is 3. The van der Waals surface area contributed by atoms with Crippen LogP contribution in [0, 0.1) is 7.14 Å². The van der Waals surface area contributed by atoms with Gasteiger partial charge in [0, 0.05) is 60.6 Å². The molecule has 0 aliphatic carbocycles. The number of unbranched alkanes of at least 4 members (excludes halogenated alkanes) is 2. The third-order valence-corrected chi connectivity index (χ3v) is 13.4. The summed E-state index contributed by atoms with van der Waals surface area (Å²) in [7, 11) is 0. The number of likely N-dealkylation sites (N-methyl/N-ethyl adjacent to an activating group) is 1. The number of alkyl halides is 7. The maximum atomic E-state index is 14.0. The second-order valence-electron chi connectivity index (χ2n) is 16.5. The first kappa shape index (κ1) is 66.2. The van der Waals surface area contributed by atoms with Gasteiger partial charge in [0.2, 0.25) is 0 Å². The Balaban J connectivity index is 0.000000433. The fourth-order valence-corrected chi connectivity index (χ4v) is 9.50. The lowest BCUT2D eigenvalue weighted by atomic mass is 9.96. The van der Waals surface area contributed by atoms with Gasteiger partial charge in [0.05, 0.1) is 23.8 Å². The van der Waals surface area contributed by atoms with Crippen molar-refractivity contribution in [2.45, 2.75) is 107 Å². The van der Waals surface area contributed by atoms with E-state index in [1.807, 2.05) is 50.3 Å². The predicted octanol–water partition coefficient (Wildman–Crippen LogP) is 16.5. The largest absolute Gasteiger partial charge is 0.491 e. The van der Waals surface area contributed by atoms with Crippen molar-refractivity contribution in [3.05, 3.63) is 125 Å². The van der Waals surface area contributed by atoms with E-state index in [4.69, 9.17) is 29.9 Å². The minimum atomic E-state index is -4.80. The SMILES string of the molecule is C.CCCCc1oc2ccccc2c1C(=O)c1cc(I)c(OC(C)=O)c(C(F)(F)F)c1.CCCCc1oc2ccccc2c1C(=O)c1cc(I)c(OCCN(CC)CC)c(C(F)(F)F)c1.CCN(CC)CCCl.Cl. The van der Waals surface area contributed by atoms with Crippen molar-refractivity contribution in [2.24, 2.45) is 0 Å². The maximum Gasteiger partial charge on any atom is 0.420 e. The van der Waals surface area contributed by atoms with Gasteiger partial charge in [-0.1, -0.05) is 98.2 Å². The van der Waals surface area contributed by atoms with Gasteiger partial charge in [0.1, 0.15) is 40.6 Å². The molecule has 0 aliphatic heterocycles. The topological polar surface area (TPSA) is 102 Å². The molecular formula is C55H66Cl2F6I2N2O7. The molecule has 0 bridgehead atoms. The number of aryl methyl sites for hydroxylation is 2. The van der Waals surface area contributed by atoms with Crippen LogP contribution in [0.2, 0.25) is 0 Å². The molecule has 0 unspecified atom stereocenters. The number of ketones is 2. The van der Waals surface area contributed by atoms with E-state index < -0.39 is 46.8 Å². The van der Waals surface area contributed by atoms with Crippen LogP contribution in [0.1, 0.15) is 136 Å². The molecule has 9 nitrogen and oxygen atoms in total. The molecule has 6 aromatic rings. The molecule has 0 amide bonds. The average molecular weight is 1310 g/mol. The van der Waals surface area contributed by atoms with E-state index in [1.54, 1.807) is 71.1 Å². The van der Waals surface area contributed by atoms with E-state index in [0.29, 0.717) is 58.4 Å². The molecule has 0 aliphatic rings. The van der Waals surface area contributed by atoms with Crippen molar-refractivity contribution in [3.63, 3.8) is 0 Å². The van der Waals surface area contributed by atoms with Crippen molar-refractivity contribution in [1.82, 2.24) is 9.80 Å². The van der Waals surface area contributed by atoms with E-state index >= 15 is 0 Å². The summed E-state index contributed by atoms with van der Waals surface area (Å²) in [6.07, 6.45) is -5.06. The molecule has 6 rings (SSSR count). The maximum absolute atomic E-state index is 14.0.